The fraction of sp³-hybridized carbons (Fsp3) is 0.267. The molecule has 0 atom stereocenters. The summed E-state index contributed by atoms with van der Waals surface area (Å²) in [5.41, 5.74) is 2.99. The molecular weight excluding hydrogens is 254 g/mol. The number of amides is 1. The molecule has 2 aromatic rings. The number of hydrogen-bond donors (Lipinski definition) is 2. The number of nitrogens with one attached hydrogen (secondary N) is 2. The minimum absolute atomic E-state index is 0.0126. The van der Waals surface area contributed by atoms with E-state index >= 15 is 0 Å². The van der Waals surface area contributed by atoms with Crippen LogP contribution in [-0.2, 0) is 4.79 Å². The van der Waals surface area contributed by atoms with Crippen molar-refractivity contribution < 1.29 is 4.79 Å². The number of H-pyrrole nitrogens is 1. The minimum Gasteiger partial charge on any atom is -0.326 e. The van der Waals surface area contributed by atoms with Crippen molar-refractivity contribution in [3.8, 4) is 11.3 Å². The van der Waals surface area contributed by atoms with Crippen molar-refractivity contribution in [2.24, 2.45) is 0 Å². The first-order chi connectivity index (χ1) is 9.60. The van der Waals surface area contributed by atoms with Crippen LogP contribution in [0.4, 0.5) is 5.69 Å². The molecule has 1 heterocycles. The van der Waals surface area contributed by atoms with E-state index in [0.29, 0.717) is 6.42 Å². The highest BCUT2D eigenvalue weighted by Gasteiger charge is 2.05. The molecule has 2 N–H and O–H groups in total. The summed E-state index contributed by atoms with van der Waals surface area (Å²) in [5.74, 6) is 0.0126. The molecule has 20 heavy (non-hydrogen) atoms. The van der Waals surface area contributed by atoms with Gasteiger partial charge in [0.25, 0.3) is 5.56 Å². The van der Waals surface area contributed by atoms with Gasteiger partial charge in [-0.05, 0) is 31.0 Å². The average Bonchev–Trinajstić information content (AvgIpc) is 2.40. The lowest BCUT2D eigenvalue weighted by molar-refractivity contribution is -0.116. The van der Waals surface area contributed by atoms with Gasteiger partial charge in [-0.1, -0.05) is 19.1 Å². The van der Waals surface area contributed by atoms with Crippen molar-refractivity contribution >= 4 is 11.6 Å². The third-order valence-corrected chi connectivity index (χ3v) is 2.92. The SMILES string of the molecule is CCCC(=O)Nc1ccc(-c2n[nH]c(=O)cc2C)cc1. The summed E-state index contributed by atoms with van der Waals surface area (Å²) >= 11 is 0. The summed E-state index contributed by atoms with van der Waals surface area (Å²) in [7, 11) is 0. The van der Waals surface area contributed by atoms with Gasteiger partial charge in [0.05, 0.1) is 5.69 Å². The predicted octanol–water partition coefficient (Wildman–Crippen LogP) is 2.48. The van der Waals surface area contributed by atoms with Crippen LogP contribution in [0.2, 0.25) is 0 Å². The molecule has 0 fully saturated rings. The lowest BCUT2D eigenvalue weighted by Gasteiger charge is -2.07. The van der Waals surface area contributed by atoms with Crippen LogP contribution in [0.15, 0.2) is 35.1 Å². The van der Waals surface area contributed by atoms with Gasteiger partial charge in [0.15, 0.2) is 0 Å². The van der Waals surface area contributed by atoms with Gasteiger partial charge in [0, 0.05) is 23.7 Å². The molecule has 0 radical (unpaired) electrons. The summed E-state index contributed by atoms with van der Waals surface area (Å²) < 4.78 is 0. The Balaban J connectivity index is 2.19. The Morgan fingerprint density at radius 1 is 1.30 bits per heavy atom. The van der Waals surface area contributed by atoms with E-state index in [9.17, 15) is 9.59 Å². The second-order valence-electron chi connectivity index (χ2n) is 4.64. The average molecular weight is 271 g/mol. The molecule has 2 rings (SSSR count). The molecule has 104 valence electrons. The number of aromatic amines is 1. The van der Waals surface area contributed by atoms with Gasteiger partial charge < -0.3 is 5.32 Å². The van der Waals surface area contributed by atoms with Crippen molar-refractivity contribution in [3.63, 3.8) is 0 Å². The molecule has 1 amide bonds. The molecule has 5 nitrogen and oxygen atoms in total. The smallest absolute Gasteiger partial charge is 0.264 e. The van der Waals surface area contributed by atoms with Crippen molar-refractivity contribution in [1.82, 2.24) is 10.2 Å². The highest BCUT2D eigenvalue weighted by atomic mass is 16.1. The number of hydrogen-bond acceptors (Lipinski definition) is 3. The van der Waals surface area contributed by atoms with E-state index in [0.717, 1.165) is 28.9 Å². The van der Waals surface area contributed by atoms with E-state index in [2.05, 4.69) is 15.5 Å². The van der Waals surface area contributed by atoms with Gasteiger partial charge in [0.2, 0.25) is 5.91 Å². The Morgan fingerprint density at radius 2 is 2.00 bits per heavy atom. The molecule has 0 saturated carbocycles. The molecule has 0 saturated heterocycles. The molecular formula is C15H17N3O2. The van der Waals surface area contributed by atoms with Crippen LogP contribution in [0, 0.1) is 6.92 Å². The molecule has 0 spiro atoms. The normalized spacial score (nSPS) is 10.3. The summed E-state index contributed by atoms with van der Waals surface area (Å²) in [6, 6.07) is 8.91. The van der Waals surface area contributed by atoms with E-state index in [-0.39, 0.29) is 11.5 Å². The van der Waals surface area contributed by atoms with Crippen molar-refractivity contribution in [3.05, 3.63) is 46.2 Å². The second kappa shape index (κ2) is 6.14. The summed E-state index contributed by atoms with van der Waals surface area (Å²) in [6.07, 6.45) is 1.34. The van der Waals surface area contributed by atoms with Gasteiger partial charge >= 0.3 is 0 Å². The number of aryl methyl sites for hydroxylation is 1. The zero-order chi connectivity index (χ0) is 14.5. The first kappa shape index (κ1) is 14.0. The zero-order valence-electron chi connectivity index (χ0n) is 11.6. The number of aromatic nitrogens is 2. The Hall–Kier alpha value is -2.43. The maximum atomic E-state index is 11.5. The fourth-order valence-corrected chi connectivity index (χ4v) is 1.95. The Labute approximate surface area is 117 Å². The Kier molecular flexibility index (Phi) is 4.30. The van der Waals surface area contributed by atoms with Gasteiger partial charge in [-0.3, -0.25) is 9.59 Å². The monoisotopic (exact) mass is 271 g/mol. The molecule has 5 heteroatoms. The molecule has 0 aliphatic carbocycles. The molecule has 0 bridgehead atoms. The van der Waals surface area contributed by atoms with Gasteiger partial charge in [-0.25, -0.2) is 5.10 Å². The molecule has 0 aliphatic rings. The predicted molar refractivity (Wildman–Crippen MR) is 78.6 cm³/mol. The Morgan fingerprint density at radius 3 is 2.60 bits per heavy atom. The van der Waals surface area contributed by atoms with Crippen LogP contribution in [0.5, 0.6) is 0 Å². The first-order valence-corrected chi connectivity index (χ1v) is 6.56. The van der Waals surface area contributed by atoms with E-state index < -0.39 is 0 Å². The quantitative estimate of drug-likeness (QED) is 0.897. The maximum Gasteiger partial charge on any atom is 0.264 e. The van der Waals surface area contributed by atoms with Gasteiger partial charge in [0.1, 0.15) is 0 Å². The summed E-state index contributed by atoms with van der Waals surface area (Å²) in [5, 5.41) is 9.30. The first-order valence-electron chi connectivity index (χ1n) is 6.56. The van der Waals surface area contributed by atoms with Crippen LogP contribution in [0.1, 0.15) is 25.3 Å². The van der Waals surface area contributed by atoms with Gasteiger partial charge in [-0.2, -0.15) is 5.10 Å². The van der Waals surface area contributed by atoms with E-state index in [1.54, 1.807) is 0 Å². The van der Waals surface area contributed by atoms with Gasteiger partial charge in [-0.15, -0.1) is 0 Å². The van der Waals surface area contributed by atoms with Crippen LogP contribution in [-0.4, -0.2) is 16.1 Å². The van der Waals surface area contributed by atoms with E-state index in [1.165, 1.54) is 6.07 Å². The van der Waals surface area contributed by atoms with Crippen LogP contribution in [0.3, 0.4) is 0 Å². The van der Waals surface area contributed by atoms with Crippen molar-refractivity contribution in [2.45, 2.75) is 26.7 Å². The van der Waals surface area contributed by atoms with Crippen LogP contribution < -0.4 is 10.9 Å². The molecule has 0 aliphatic heterocycles. The molecule has 1 aromatic carbocycles. The third kappa shape index (κ3) is 3.32. The highest BCUT2D eigenvalue weighted by molar-refractivity contribution is 5.90. The number of nitrogens with zero attached hydrogens (tertiary/aromatic N) is 1. The maximum absolute atomic E-state index is 11.5. The zero-order valence-corrected chi connectivity index (χ0v) is 11.6. The van der Waals surface area contributed by atoms with Crippen molar-refractivity contribution in [1.29, 1.82) is 0 Å². The third-order valence-electron chi connectivity index (χ3n) is 2.92. The topological polar surface area (TPSA) is 74.8 Å². The lowest BCUT2D eigenvalue weighted by Crippen LogP contribution is -2.10. The fourth-order valence-electron chi connectivity index (χ4n) is 1.95. The van der Waals surface area contributed by atoms with Crippen molar-refractivity contribution in [2.75, 3.05) is 5.32 Å². The molecule has 1 aromatic heterocycles. The van der Waals surface area contributed by atoms with E-state index in [1.807, 2.05) is 38.1 Å². The number of carbonyl (C=O) groups is 1. The molecule has 0 unspecified atom stereocenters. The lowest BCUT2D eigenvalue weighted by atomic mass is 10.1. The largest absolute Gasteiger partial charge is 0.326 e. The number of rotatable bonds is 4. The Bertz CT molecular complexity index is 660. The van der Waals surface area contributed by atoms with E-state index in [4.69, 9.17) is 0 Å². The standard InChI is InChI=1S/C15H17N3O2/c1-3-4-13(19)16-12-7-5-11(6-8-12)15-10(2)9-14(20)17-18-15/h5-9H,3-4H2,1-2H3,(H,16,19)(H,17,20). The summed E-state index contributed by atoms with van der Waals surface area (Å²) in [4.78, 5) is 22.6. The summed E-state index contributed by atoms with van der Waals surface area (Å²) in [6.45, 7) is 3.81. The minimum atomic E-state index is -0.213. The van der Waals surface area contributed by atoms with Crippen LogP contribution >= 0.6 is 0 Å². The number of benzene rings is 1. The highest BCUT2D eigenvalue weighted by Crippen LogP contribution is 2.21. The van der Waals surface area contributed by atoms with Crippen LogP contribution in [0.25, 0.3) is 11.3 Å². The second-order valence-corrected chi connectivity index (χ2v) is 4.64. The number of carbonyl (C=O) groups excluding carboxylic acids is 1. The number of anilines is 1.